The Morgan fingerprint density at radius 1 is 0.969 bits per heavy atom. The number of benzene rings is 4. The molecule has 4 rings (SSSR count). The lowest BCUT2D eigenvalue weighted by Crippen LogP contribution is -2.17. The lowest BCUT2D eigenvalue weighted by molar-refractivity contribution is 0.0955. The maximum Gasteiger partial charge on any atom is 0.271 e. The van der Waals surface area contributed by atoms with Gasteiger partial charge in [0.2, 0.25) is 0 Å². The monoisotopic (exact) mass is 438 g/mol. The van der Waals surface area contributed by atoms with Crippen LogP contribution >= 0.6 is 11.6 Å². The fourth-order valence-corrected chi connectivity index (χ4v) is 3.43. The van der Waals surface area contributed by atoms with Crippen LogP contribution in [0.4, 0.5) is 0 Å². The Morgan fingerprint density at radius 2 is 1.72 bits per heavy atom. The first-order chi connectivity index (χ1) is 15.6. The molecule has 1 amide bonds. The zero-order valence-electron chi connectivity index (χ0n) is 17.0. The van der Waals surface area contributed by atoms with Crippen LogP contribution in [0.15, 0.2) is 90.0 Å². The molecule has 0 saturated heterocycles. The van der Waals surface area contributed by atoms with E-state index in [9.17, 15) is 9.90 Å². The first-order valence-electron chi connectivity index (χ1n) is 9.98. The van der Waals surface area contributed by atoms with Gasteiger partial charge in [0, 0.05) is 23.1 Å². The zero-order valence-corrected chi connectivity index (χ0v) is 17.8. The van der Waals surface area contributed by atoms with E-state index < -0.39 is 5.91 Å². The lowest BCUT2D eigenvalue weighted by Gasteiger charge is -2.05. The van der Waals surface area contributed by atoms with Gasteiger partial charge in [-0.15, -0.1) is 0 Å². The summed E-state index contributed by atoms with van der Waals surface area (Å²) in [5.41, 5.74) is 5.77. The minimum Gasteiger partial charge on any atom is -0.506 e. The van der Waals surface area contributed by atoms with Gasteiger partial charge in [-0.3, -0.25) is 4.79 Å². The molecule has 0 bridgehead atoms. The highest BCUT2D eigenvalue weighted by atomic mass is 35.5. The number of halogens is 1. The summed E-state index contributed by atoms with van der Waals surface area (Å²) in [6.45, 7) is 0. The molecule has 0 aliphatic carbocycles. The van der Waals surface area contributed by atoms with Gasteiger partial charge >= 0.3 is 0 Å². The summed E-state index contributed by atoms with van der Waals surface area (Å²) in [5.74, 6) is 6.02. The van der Waals surface area contributed by atoms with Crippen molar-refractivity contribution in [3.8, 4) is 17.6 Å². The average molecular weight is 439 g/mol. The van der Waals surface area contributed by atoms with Crippen LogP contribution in [0.1, 0.15) is 27.0 Å². The van der Waals surface area contributed by atoms with E-state index in [1.807, 2.05) is 54.6 Å². The topological polar surface area (TPSA) is 61.7 Å². The van der Waals surface area contributed by atoms with E-state index in [2.05, 4.69) is 34.5 Å². The summed E-state index contributed by atoms with van der Waals surface area (Å²) < 4.78 is 0. The van der Waals surface area contributed by atoms with E-state index in [1.54, 1.807) is 6.21 Å². The lowest BCUT2D eigenvalue weighted by atomic mass is 10.00. The number of hydrogen-bond donors (Lipinski definition) is 2. The van der Waals surface area contributed by atoms with E-state index in [0.29, 0.717) is 12.0 Å². The number of aromatic hydroxyl groups is 1. The van der Waals surface area contributed by atoms with Gasteiger partial charge in [-0.1, -0.05) is 84.1 Å². The van der Waals surface area contributed by atoms with E-state index in [0.717, 1.165) is 21.9 Å². The number of nitrogens with zero attached hydrogens (tertiary/aromatic N) is 1. The number of hydrogen-bond acceptors (Lipinski definition) is 3. The second-order valence-electron chi connectivity index (χ2n) is 7.08. The van der Waals surface area contributed by atoms with E-state index >= 15 is 0 Å². The molecule has 2 N–H and O–H groups in total. The summed E-state index contributed by atoms with van der Waals surface area (Å²) in [7, 11) is 0. The van der Waals surface area contributed by atoms with Gasteiger partial charge in [0.15, 0.2) is 0 Å². The molecule has 0 saturated carbocycles. The minimum atomic E-state index is -0.421. The largest absolute Gasteiger partial charge is 0.506 e. The second-order valence-corrected chi connectivity index (χ2v) is 7.48. The highest BCUT2D eigenvalue weighted by Gasteiger charge is 2.08. The average Bonchev–Trinajstić information content (AvgIpc) is 2.82. The highest BCUT2D eigenvalue weighted by Crippen LogP contribution is 2.24. The molecular weight excluding hydrogens is 420 g/mol. The van der Waals surface area contributed by atoms with Crippen molar-refractivity contribution in [2.24, 2.45) is 5.10 Å². The van der Waals surface area contributed by atoms with Crippen LogP contribution in [0, 0.1) is 11.8 Å². The first kappa shape index (κ1) is 21.2. The third kappa shape index (κ3) is 4.97. The molecule has 5 heteroatoms. The predicted octanol–water partition coefficient (Wildman–Crippen LogP) is 5.56. The van der Waals surface area contributed by atoms with E-state index in [1.165, 1.54) is 23.8 Å². The van der Waals surface area contributed by atoms with Crippen molar-refractivity contribution in [2.75, 3.05) is 0 Å². The van der Waals surface area contributed by atoms with Crippen molar-refractivity contribution in [3.63, 3.8) is 0 Å². The maximum absolute atomic E-state index is 12.3. The third-order valence-electron chi connectivity index (χ3n) is 4.90. The Balaban J connectivity index is 1.53. The summed E-state index contributed by atoms with van der Waals surface area (Å²) in [6.07, 6.45) is 2.29. The van der Waals surface area contributed by atoms with Gasteiger partial charge in [0.25, 0.3) is 5.91 Å². The molecule has 156 valence electrons. The predicted molar refractivity (Wildman–Crippen MR) is 129 cm³/mol. The Morgan fingerprint density at radius 3 is 2.50 bits per heavy atom. The maximum atomic E-state index is 12.3. The molecule has 4 aromatic rings. The van der Waals surface area contributed by atoms with Crippen molar-refractivity contribution in [1.29, 1.82) is 0 Å². The van der Waals surface area contributed by atoms with Crippen LogP contribution in [-0.4, -0.2) is 17.2 Å². The fraction of sp³-hybridized carbons (Fsp3) is 0.0370. The number of amides is 1. The Bertz CT molecular complexity index is 1370. The van der Waals surface area contributed by atoms with Gasteiger partial charge in [-0.2, -0.15) is 5.10 Å². The van der Waals surface area contributed by atoms with Crippen molar-refractivity contribution in [1.82, 2.24) is 5.43 Å². The van der Waals surface area contributed by atoms with Gasteiger partial charge in [-0.05, 0) is 40.6 Å². The molecule has 4 aromatic carbocycles. The summed E-state index contributed by atoms with van der Waals surface area (Å²) >= 11 is 5.86. The van der Waals surface area contributed by atoms with Crippen molar-refractivity contribution < 1.29 is 9.90 Å². The second kappa shape index (κ2) is 9.82. The quantitative estimate of drug-likeness (QED) is 0.249. The van der Waals surface area contributed by atoms with Crippen LogP contribution in [-0.2, 0) is 6.42 Å². The molecular formula is C27H19ClN2O2. The molecule has 0 spiro atoms. The van der Waals surface area contributed by atoms with Crippen LogP contribution in [0.25, 0.3) is 10.8 Å². The summed E-state index contributed by atoms with van der Waals surface area (Å²) in [5, 5.41) is 15.7. The van der Waals surface area contributed by atoms with Crippen LogP contribution in [0.3, 0.4) is 0 Å². The normalized spacial score (nSPS) is 10.7. The molecule has 0 aliphatic rings. The first-order valence-corrected chi connectivity index (χ1v) is 10.4. The van der Waals surface area contributed by atoms with Crippen LogP contribution in [0.2, 0.25) is 5.02 Å². The Kier molecular flexibility index (Phi) is 6.50. The number of phenols is 1. The van der Waals surface area contributed by atoms with E-state index in [-0.39, 0.29) is 10.8 Å². The molecule has 0 aliphatic heterocycles. The van der Waals surface area contributed by atoms with Crippen LogP contribution in [0.5, 0.6) is 5.75 Å². The fourth-order valence-electron chi connectivity index (χ4n) is 3.25. The van der Waals surface area contributed by atoms with Gasteiger partial charge in [-0.25, -0.2) is 5.43 Å². The molecule has 0 heterocycles. The molecule has 4 nitrogen and oxygen atoms in total. The number of rotatable bonds is 4. The highest BCUT2D eigenvalue weighted by molar-refractivity contribution is 6.32. The number of carbonyl (C=O) groups excluding carboxylic acids is 1. The standard InChI is InChI=1S/C27H19ClN2O2/c28-25-17-21(15-16-26(25)31)27(32)30-29-18-22-14-13-20(23-11-4-5-12-24(22)23)10-6-9-19-7-2-1-3-8-19/h1-5,7-8,11-18,31H,9H2,(H,30,32)/b29-18+. The Labute approximate surface area is 191 Å². The SMILES string of the molecule is O=C(N/N=C/c1ccc(C#CCc2ccccc2)c2ccccc12)c1ccc(O)c(Cl)c1. The number of hydrazone groups is 1. The van der Waals surface area contributed by atoms with E-state index in [4.69, 9.17) is 11.6 Å². The molecule has 32 heavy (non-hydrogen) atoms. The molecule has 0 fully saturated rings. The number of carbonyl (C=O) groups is 1. The van der Waals surface area contributed by atoms with Crippen molar-refractivity contribution in [3.05, 3.63) is 112 Å². The molecule has 0 atom stereocenters. The van der Waals surface area contributed by atoms with Gasteiger partial charge in [0.05, 0.1) is 11.2 Å². The number of phenolic OH excluding ortho intramolecular Hbond substituents is 1. The number of fused-ring (bicyclic) bond motifs is 1. The summed E-state index contributed by atoms with van der Waals surface area (Å²) in [4.78, 5) is 12.3. The zero-order chi connectivity index (χ0) is 22.3. The van der Waals surface area contributed by atoms with Gasteiger partial charge in [0.1, 0.15) is 5.75 Å². The minimum absolute atomic E-state index is 0.0786. The van der Waals surface area contributed by atoms with Crippen molar-refractivity contribution >= 4 is 34.5 Å². The van der Waals surface area contributed by atoms with Gasteiger partial charge < -0.3 is 5.11 Å². The smallest absolute Gasteiger partial charge is 0.271 e. The summed E-state index contributed by atoms with van der Waals surface area (Å²) in [6, 6.07) is 26.2. The van der Waals surface area contributed by atoms with Crippen LogP contribution < -0.4 is 5.43 Å². The number of nitrogens with one attached hydrogen (secondary N) is 1. The van der Waals surface area contributed by atoms with Crippen molar-refractivity contribution in [2.45, 2.75) is 6.42 Å². The molecule has 0 aromatic heterocycles. The third-order valence-corrected chi connectivity index (χ3v) is 5.20. The molecule has 0 unspecified atom stereocenters. The Hall–Kier alpha value is -4.07. The molecule has 0 radical (unpaired) electrons.